The molecule has 2 aromatic carbocycles. The maximum absolute atomic E-state index is 13.1. The average Bonchev–Trinajstić information content (AvgIpc) is 2.49. The Kier molecular flexibility index (Phi) is 5.11. The number of hydrogen-bond acceptors (Lipinski definition) is 3. The summed E-state index contributed by atoms with van der Waals surface area (Å²) in [5.74, 6) is -0.629. The molecule has 0 aromatic heterocycles. The van der Waals surface area contributed by atoms with Crippen LogP contribution in [-0.2, 0) is 13.0 Å². The zero-order chi connectivity index (χ0) is 15.2. The van der Waals surface area contributed by atoms with Crippen molar-refractivity contribution in [1.29, 1.82) is 0 Å². The Morgan fingerprint density at radius 2 is 1.71 bits per heavy atom. The van der Waals surface area contributed by atoms with E-state index >= 15 is 0 Å². The number of hydrogen-bond donors (Lipinski definition) is 1. The van der Waals surface area contributed by atoms with E-state index in [9.17, 15) is 8.78 Å². The van der Waals surface area contributed by atoms with Crippen molar-refractivity contribution in [2.75, 3.05) is 13.7 Å². The van der Waals surface area contributed by atoms with Crippen molar-refractivity contribution in [1.82, 2.24) is 0 Å². The lowest BCUT2D eigenvalue weighted by atomic mass is 10.1. The molecule has 0 unspecified atom stereocenters. The second-order valence-electron chi connectivity index (χ2n) is 4.56. The fourth-order valence-electron chi connectivity index (χ4n) is 1.94. The van der Waals surface area contributed by atoms with Gasteiger partial charge in [0.2, 0.25) is 0 Å². The molecule has 3 nitrogen and oxygen atoms in total. The summed E-state index contributed by atoms with van der Waals surface area (Å²) in [4.78, 5) is 0. The second-order valence-corrected chi connectivity index (χ2v) is 4.56. The number of ether oxygens (including phenoxy) is 2. The number of benzene rings is 2. The molecule has 0 heterocycles. The Hall–Kier alpha value is -2.14. The second kappa shape index (κ2) is 7.04. The smallest absolute Gasteiger partial charge is 0.161 e. The molecular weight excluding hydrogens is 276 g/mol. The van der Waals surface area contributed by atoms with Crippen molar-refractivity contribution >= 4 is 0 Å². The molecule has 21 heavy (non-hydrogen) atoms. The topological polar surface area (TPSA) is 44.5 Å². The van der Waals surface area contributed by atoms with Gasteiger partial charge in [-0.25, -0.2) is 8.78 Å². The molecule has 112 valence electrons. The van der Waals surface area contributed by atoms with Gasteiger partial charge in [0.1, 0.15) is 6.61 Å². The SMILES string of the molecule is COc1cc(CCN)ccc1OCc1ccc(F)c(F)c1. The first kappa shape index (κ1) is 15.3. The van der Waals surface area contributed by atoms with E-state index in [1.54, 1.807) is 13.2 Å². The minimum absolute atomic E-state index is 0.129. The summed E-state index contributed by atoms with van der Waals surface area (Å²) in [6.45, 7) is 0.683. The van der Waals surface area contributed by atoms with Crippen LogP contribution in [0.4, 0.5) is 8.78 Å². The van der Waals surface area contributed by atoms with Gasteiger partial charge in [0.25, 0.3) is 0 Å². The van der Waals surface area contributed by atoms with E-state index < -0.39 is 11.6 Å². The summed E-state index contributed by atoms with van der Waals surface area (Å²) in [5.41, 5.74) is 7.11. The maximum Gasteiger partial charge on any atom is 0.161 e. The van der Waals surface area contributed by atoms with Crippen LogP contribution >= 0.6 is 0 Å². The van der Waals surface area contributed by atoms with Crippen LogP contribution in [0.15, 0.2) is 36.4 Å². The summed E-state index contributed by atoms with van der Waals surface area (Å²) < 4.78 is 36.8. The highest BCUT2D eigenvalue weighted by molar-refractivity contribution is 5.43. The molecular formula is C16H17F2NO2. The van der Waals surface area contributed by atoms with E-state index in [0.717, 1.165) is 24.1 Å². The Morgan fingerprint density at radius 3 is 2.38 bits per heavy atom. The van der Waals surface area contributed by atoms with Gasteiger partial charge >= 0.3 is 0 Å². The summed E-state index contributed by atoms with van der Waals surface area (Å²) in [7, 11) is 1.55. The van der Waals surface area contributed by atoms with Crippen LogP contribution in [0.25, 0.3) is 0 Å². The average molecular weight is 293 g/mol. The van der Waals surface area contributed by atoms with Gasteiger partial charge in [-0.3, -0.25) is 0 Å². The molecule has 0 radical (unpaired) electrons. The molecule has 0 atom stereocenters. The third-order valence-corrected chi connectivity index (χ3v) is 3.04. The summed E-state index contributed by atoms with van der Waals surface area (Å²) in [6.07, 6.45) is 0.750. The monoisotopic (exact) mass is 293 g/mol. The van der Waals surface area contributed by atoms with Crippen LogP contribution in [0, 0.1) is 11.6 Å². The lowest BCUT2D eigenvalue weighted by Crippen LogP contribution is -2.04. The van der Waals surface area contributed by atoms with Gasteiger partial charge in [0.15, 0.2) is 23.1 Å². The number of rotatable bonds is 6. The molecule has 2 aromatic rings. The van der Waals surface area contributed by atoms with Gasteiger partial charge in [0.05, 0.1) is 7.11 Å². The summed E-state index contributed by atoms with van der Waals surface area (Å²) >= 11 is 0. The Morgan fingerprint density at radius 1 is 0.952 bits per heavy atom. The molecule has 0 bridgehead atoms. The van der Waals surface area contributed by atoms with Gasteiger partial charge in [-0.1, -0.05) is 12.1 Å². The lowest BCUT2D eigenvalue weighted by Gasteiger charge is -2.12. The van der Waals surface area contributed by atoms with Gasteiger partial charge in [0, 0.05) is 0 Å². The fraction of sp³-hybridized carbons (Fsp3) is 0.250. The lowest BCUT2D eigenvalue weighted by molar-refractivity contribution is 0.283. The Balaban J connectivity index is 2.10. The Bertz CT molecular complexity index is 617. The molecule has 0 saturated carbocycles. The van der Waals surface area contributed by atoms with E-state index in [-0.39, 0.29) is 6.61 Å². The van der Waals surface area contributed by atoms with Crippen molar-refractivity contribution in [2.24, 2.45) is 5.73 Å². The van der Waals surface area contributed by atoms with Crippen LogP contribution in [0.5, 0.6) is 11.5 Å². The molecule has 2 rings (SSSR count). The van der Waals surface area contributed by atoms with Gasteiger partial charge in [-0.2, -0.15) is 0 Å². The minimum atomic E-state index is -0.888. The highest BCUT2D eigenvalue weighted by atomic mass is 19.2. The minimum Gasteiger partial charge on any atom is -0.493 e. The van der Waals surface area contributed by atoms with Crippen LogP contribution < -0.4 is 15.2 Å². The van der Waals surface area contributed by atoms with Crippen molar-refractivity contribution in [3.63, 3.8) is 0 Å². The fourth-order valence-corrected chi connectivity index (χ4v) is 1.94. The summed E-state index contributed by atoms with van der Waals surface area (Å²) in [6, 6.07) is 9.21. The third-order valence-electron chi connectivity index (χ3n) is 3.04. The van der Waals surface area contributed by atoms with Crippen molar-refractivity contribution in [2.45, 2.75) is 13.0 Å². The van der Waals surface area contributed by atoms with Crippen LogP contribution in [0.3, 0.4) is 0 Å². The quantitative estimate of drug-likeness (QED) is 0.890. The highest BCUT2D eigenvalue weighted by Crippen LogP contribution is 2.29. The maximum atomic E-state index is 13.1. The van der Waals surface area contributed by atoms with Crippen LogP contribution in [0.2, 0.25) is 0 Å². The zero-order valence-corrected chi connectivity index (χ0v) is 11.7. The van der Waals surface area contributed by atoms with Crippen molar-refractivity contribution < 1.29 is 18.3 Å². The van der Waals surface area contributed by atoms with Crippen molar-refractivity contribution in [3.05, 3.63) is 59.2 Å². The number of methoxy groups -OCH3 is 1. The van der Waals surface area contributed by atoms with Crippen LogP contribution in [0.1, 0.15) is 11.1 Å². The molecule has 5 heteroatoms. The number of halogens is 2. The molecule has 0 saturated heterocycles. The van der Waals surface area contributed by atoms with Gasteiger partial charge in [-0.05, 0) is 48.4 Å². The van der Waals surface area contributed by atoms with E-state index in [2.05, 4.69) is 0 Å². The van der Waals surface area contributed by atoms with E-state index in [1.807, 2.05) is 12.1 Å². The zero-order valence-electron chi connectivity index (χ0n) is 11.7. The first-order valence-electron chi connectivity index (χ1n) is 6.57. The molecule has 0 aliphatic rings. The molecule has 0 aliphatic carbocycles. The van der Waals surface area contributed by atoms with E-state index in [0.29, 0.717) is 23.6 Å². The van der Waals surface area contributed by atoms with Crippen LogP contribution in [-0.4, -0.2) is 13.7 Å². The molecule has 0 amide bonds. The van der Waals surface area contributed by atoms with E-state index in [1.165, 1.54) is 6.07 Å². The largest absolute Gasteiger partial charge is 0.493 e. The molecule has 2 N–H and O–H groups in total. The summed E-state index contributed by atoms with van der Waals surface area (Å²) in [5, 5.41) is 0. The highest BCUT2D eigenvalue weighted by Gasteiger charge is 2.07. The van der Waals surface area contributed by atoms with Crippen molar-refractivity contribution in [3.8, 4) is 11.5 Å². The first-order valence-corrected chi connectivity index (χ1v) is 6.57. The molecule has 0 fully saturated rings. The normalized spacial score (nSPS) is 10.5. The van der Waals surface area contributed by atoms with Gasteiger partial charge < -0.3 is 15.2 Å². The number of nitrogens with two attached hydrogens (primary N) is 1. The predicted octanol–water partition coefficient (Wildman–Crippen LogP) is 3.05. The van der Waals surface area contributed by atoms with Gasteiger partial charge in [-0.15, -0.1) is 0 Å². The predicted molar refractivity (Wildman–Crippen MR) is 76.4 cm³/mol. The first-order chi connectivity index (χ1) is 10.1. The van der Waals surface area contributed by atoms with E-state index in [4.69, 9.17) is 15.2 Å². The standard InChI is InChI=1S/C16H17F2NO2/c1-20-16-9-11(6-7-19)3-5-15(16)21-10-12-2-4-13(17)14(18)8-12/h2-5,8-9H,6-7,10,19H2,1H3. The molecule has 0 spiro atoms. The Labute approximate surface area is 122 Å². The molecule has 0 aliphatic heterocycles. The third kappa shape index (κ3) is 3.92.